The first-order valence-corrected chi connectivity index (χ1v) is 7.33. The van der Waals surface area contributed by atoms with Crippen LogP contribution in [0.1, 0.15) is 12.0 Å². The van der Waals surface area contributed by atoms with Gasteiger partial charge in [-0.15, -0.1) is 12.4 Å². The van der Waals surface area contributed by atoms with E-state index < -0.39 is 15.8 Å². The Morgan fingerprint density at radius 1 is 1.50 bits per heavy atom. The van der Waals surface area contributed by atoms with Crippen LogP contribution in [0.5, 0.6) is 0 Å². The zero-order chi connectivity index (χ0) is 14.0. The van der Waals surface area contributed by atoms with Crippen molar-refractivity contribution < 1.29 is 12.8 Å². The maximum Gasteiger partial charge on any atom is 0.243 e. The van der Waals surface area contributed by atoms with E-state index in [1.807, 2.05) is 0 Å². The first-order valence-electron chi connectivity index (χ1n) is 5.89. The summed E-state index contributed by atoms with van der Waals surface area (Å²) in [5.74, 6) is -0.562. The van der Waals surface area contributed by atoms with E-state index in [-0.39, 0.29) is 28.8 Å². The molecule has 0 spiro atoms. The van der Waals surface area contributed by atoms with E-state index in [2.05, 4.69) is 0 Å². The van der Waals surface area contributed by atoms with Gasteiger partial charge in [0.2, 0.25) is 10.0 Å². The molecule has 20 heavy (non-hydrogen) atoms. The molecule has 1 aliphatic heterocycles. The summed E-state index contributed by atoms with van der Waals surface area (Å²) in [5.41, 5.74) is 5.26. The van der Waals surface area contributed by atoms with Crippen LogP contribution >= 0.6 is 12.4 Å². The van der Waals surface area contributed by atoms with Crippen LogP contribution in [0.3, 0.4) is 0 Å². The number of nitrogens with zero attached hydrogens (tertiary/aromatic N) is 2. The Bertz CT molecular complexity index is 630. The molecular weight excluding hydrogens is 305 g/mol. The van der Waals surface area contributed by atoms with Gasteiger partial charge in [0.15, 0.2) is 0 Å². The molecule has 1 aromatic carbocycles. The number of nitrogens with two attached hydrogens (primary N) is 1. The van der Waals surface area contributed by atoms with Gasteiger partial charge < -0.3 is 5.73 Å². The van der Waals surface area contributed by atoms with Crippen LogP contribution in [0.15, 0.2) is 23.1 Å². The summed E-state index contributed by atoms with van der Waals surface area (Å²) >= 11 is 0. The molecule has 1 saturated heterocycles. The number of hydrogen-bond acceptors (Lipinski definition) is 4. The third-order valence-electron chi connectivity index (χ3n) is 3.28. The zero-order valence-electron chi connectivity index (χ0n) is 10.6. The lowest BCUT2D eigenvalue weighted by Crippen LogP contribution is -2.30. The maximum atomic E-state index is 13.2. The molecule has 1 aromatic rings. The van der Waals surface area contributed by atoms with Crippen LogP contribution in [-0.2, 0) is 10.0 Å². The summed E-state index contributed by atoms with van der Waals surface area (Å²) in [6.45, 7) is 1.22. The lowest BCUT2D eigenvalue weighted by atomic mass is 10.1. The van der Waals surface area contributed by atoms with Crippen molar-refractivity contribution in [3.05, 3.63) is 29.6 Å². The quantitative estimate of drug-likeness (QED) is 0.903. The van der Waals surface area contributed by atoms with E-state index in [4.69, 9.17) is 11.0 Å². The van der Waals surface area contributed by atoms with Crippen LogP contribution in [0.4, 0.5) is 4.39 Å². The molecule has 0 bridgehead atoms. The third-order valence-corrected chi connectivity index (χ3v) is 5.14. The Morgan fingerprint density at radius 2 is 2.20 bits per heavy atom. The van der Waals surface area contributed by atoms with Gasteiger partial charge in [-0.05, 0) is 37.1 Å². The molecule has 2 rings (SSSR count). The average molecular weight is 320 g/mol. The highest BCUT2D eigenvalue weighted by atomic mass is 35.5. The van der Waals surface area contributed by atoms with E-state index in [1.165, 1.54) is 10.4 Å². The lowest BCUT2D eigenvalue weighted by molar-refractivity contribution is 0.459. The summed E-state index contributed by atoms with van der Waals surface area (Å²) in [6, 6.07) is 4.89. The predicted molar refractivity (Wildman–Crippen MR) is 74.3 cm³/mol. The molecular formula is C12H15ClFN3O2S. The predicted octanol–water partition coefficient (Wildman–Crippen LogP) is 1.09. The highest BCUT2D eigenvalue weighted by molar-refractivity contribution is 7.89. The minimum Gasteiger partial charge on any atom is -0.330 e. The molecule has 2 N–H and O–H groups in total. The normalized spacial score (nSPS) is 19.4. The molecule has 8 heteroatoms. The first kappa shape index (κ1) is 16.9. The van der Waals surface area contributed by atoms with Gasteiger partial charge in [0, 0.05) is 13.1 Å². The van der Waals surface area contributed by atoms with Crippen molar-refractivity contribution in [1.29, 1.82) is 5.26 Å². The molecule has 1 heterocycles. The molecule has 1 fully saturated rings. The number of nitriles is 1. The van der Waals surface area contributed by atoms with Gasteiger partial charge in [-0.1, -0.05) is 0 Å². The molecule has 1 unspecified atom stereocenters. The van der Waals surface area contributed by atoms with E-state index >= 15 is 0 Å². The van der Waals surface area contributed by atoms with Gasteiger partial charge >= 0.3 is 0 Å². The van der Waals surface area contributed by atoms with Crippen molar-refractivity contribution in [2.24, 2.45) is 11.7 Å². The molecule has 0 aliphatic carbocycles. The summed E-state index contributed by atoms with van der Waals surface area (Å²) in [4.78, 5) is -0.0527. The molecule has 1 atom stereocenters. The molecule has 0 amide bonds. The first-order chi connectivity index (χ1) is 8.98. The van der Waals surface area contributed by atoms with Crippen LogP contribution < -0.4 is 5.73 Å². The van der Waals surface area contributed by atoms with E-state index in [9.17, 15) is 12.8 Å². The number of sulfonamides is 1. The second-order valence-electron chi connectivity index (χ2n) is 4.51. The highest BCUT2D eigenvalue weighted by Crippen LogP contribution is 2.24. The molecule has 5 nitrogen and oxygen atoms in total. The number of hydrogen-bond donors (Lipinski definition) is 1. The third kappa shape index (κ3) is 3.10. The molecule has 110 valence electrons. The highest BCUT2D eigenvalue weighted by Gasteiger charge is 2.32. The number of halogens is 2. The van der Waals surface area contributed by atoms with Crippen molar-refractivity contribution in [2.45, 2.75) is 11.3 Å². The Kier molecular flexibility index (Phi) is 5.48. The Morgan fingerprint density at radius 3 is 2.75 bits per heavy atom. The topological polar surface area (TPSA) is 87.2 Å². The molecule has 0 aromatic heterocycles. The fourth-order valence-corrected chi connectivity index (χ4v) is 3.67. The van der Waals surface area contributed by atoms with Crippen LogP contribution in [0.25, 0.3) is 0 Å². The van der Waals surface area contributed by atoms with Crippen molar-refractivity contribution in [3.8, 4) is 6.07 Å². The van der Waals surface area contributed by atoms with Gasteiger partial charge in [-0.3, -0.25) is 0 Å². The minimum absolute atomic E-state index is 0. The number of benzene rings is 1. The molecule has 1 aliphatic rings. The Hall–Kier alpha value is -1.20. The minimum atomic E-state index is -3.67. The van der Waals surface area contributed by atoms with Crippen molar-refractivity contribution >= 4 is 22.4 Å². The second-order valence-corrected chi connectivity index (χ2v) is 6.44. The molecule has 0 radical (unpaired) electrons. The Labute approximate surface area is 123 Å². The van der Waals surface area contributed by atoms with Gasteiger partial charge in [-0.2, -0.15) is 9.57 Å². The fourth-order valence-electron chi connectivity index (χ4n) is 2.11. The summed E-state index contributed by atoms with van der Waals surface area (Å²) in [7, 11) is -3.67. The van der Waals surface area contributed by atoms with Crippen molar-refractivity contribution in [2.75, 3.05) is 19.6 Å². The largest absolute Gasteiger partial charge is 0.330 e. The summed E-state index contributed by atoms with van der Waals surface area (Å²) in [5, 5.41) is 8.74. The zero-order valence-corrected chi connectivity index (χ0v) is 12.3. The van der Waals surface area contributed by atoms with Crippen molar-refractivity contribution in [3.63, 3.8) is 0 Å². The SMILES string of the molecule is Cl.N#Cc1cc(S(=O)(=O)N2CCC(CN)C2)ccc1F. The monoisotopic (exact) mass is 319 g/mol. The average Bonchev–Trinajstić information content (AvgIpc) is 2.88. The van der Waals surface area contributed by atoms with Crippen LogP contribution in [0, 0.1) is 23.1 Å². The number of rotatable bonds is 3. The van der Waals surface area contributed by atoms with Gasteiger partial charge in [-0.25, -0.2) is 12.8 Å². The Balaban J connectivity index is 0.00000200. The standard InChI is InChI=1S/C12H14FN3O2S.ClH/c13-12-2-1-11(5-10(12)7-15)19(17,18)16-4-3-9(6-14)8-16;/h1-2,5,9H,3-4,6,8,14H2;1H. The van der Waals surface area contributed by atoms with E-state index in [1.54, 1.807) is 6.07 Å². The van der Waals surface area contributed by atoms with E-state index in [0.29, 0.717) is 19.6 Å². The summed E-state index contributed by atoms with van der Waals surface area (Å²) in [6.07, 6.45) is 0.724. The maximum absolute atomic E-state index is 13.2. The molecule has 0 saturated carbocycles. The fraction of sp³-hybridized carbons (Fsp3) is 0.417. The van der Waals surface area contributed by atoms with Gasteiger partial charge in [0.25, 0.3) is 0 Å². The lowest BCUT2D eigenvalue weighted by Gasteiger charge is -2.16. The van der Waals surface area contributed by atoms with E-state index in [0.717, 1.165) is 18.6 Å². The smallest absolute Gasteiger partial charge is 0.243 e. The van der Waals surface area contributed by atoms with Crippen molar-refractivity contribution in [1.82, 2.24) is 4.31 Å². The van der Waals surface area contributed by atoms with Crippen LogP contribution in [-0.4, -0.2) is 32.4 Å². The summed E-state index contributed by atoms with van der Waals surface area (Å²) < 4.78 is 39.2. The van der Waals surface area contributed by atoms with Gasteiger partial charge in [0.05, 0.1) is 10.5 Å². The second kappa shape index (κ2) is 6.50. The van der Waals surface area contributed by atoms with Crippen LogP contribution in [0.2, 0.25) is 0 Å². The van der Waals surface area contributed by atoms with Gasteiger partial charge in [0.1, 0.15) is 11.9 Å².